The Morgan fingerprint density at radius 3 is 3.15 bits per heavy atom. The van der Waals surface area contributed by atoms with Crippen LogP contribution in [-0.2, 0) is 0 Å². The van der Waals surface area contributed by atoms with Gasteiger partial charge in [0.05, 0.1) is 5.56 Å². The van der Waals surface area contributed by atoms with Crippen molar-refractivity contribution in [2.75, 3.05) is 6.61 Å². The van der Waals surface area contributed by atoms with E-state index in [2.05, 4.69) is 11.6 Å². The van der Waals surface area contributed by atoms with Crippen molar-refractivity contribution in [3.63, 3.8) is 0 Å². The maximum atomic E-state index is 8.63. The van der Waals surface area contributed by atoms with Crippen molar-refractivity contribution in [3.05, 3.63) is 35.5 Å². The molecule has 1 heterocycles. The quantitative estimate of drug-likeness (QED) is 0.693. The first-order valence-electron chi connectivity index (χ1n) is 3.58. The number of nitrogens with zero attached hydrogens (tertiary/aromatic N) is 2. The van der Waals surface area contributed by atoms with Gasteiger partial charge in [0.1, 0.15) is 17.7 Å². The zero-order chi connectivity index (χ0) is 9.68. The lowest BCUT2D eigenvalue weighted by Crippen LogP contribution is -1.96. The van der Waals surface area contributed by atoms with Gasteiger partial charge in [-0.3, -0.25) is 0 Å². The van der Waals surface area contributed by atoms with E-state index in [1.807, 2.05) is 6.07 Å². The monoisotopic (exact) mass is 194 g/mol. The summed E-state index contributed by atoms with van der Waals surface area (Å²) < 4.78 is 5.12. The van der Waals surface area contributed by atoms with Gasteiger partial charge in [-0.15, -0.1) is 0 Å². The number of rotatable bonds is 3. The first-order valence-corrected chi connectivity index (χ1v) is 3.95. The van der Waals surface area contributed by atoms with Crippen LogP contribution in [0.25, 0.3) is 0 Å². The fourth-order valence-electron chi connectivity index (χ4n) is 0.749. The Bertz CT molecular complexity index is 357. The van der Waals surface area contributed by atoms with Gasteiger partial charge in [0, 0.05) is 6.20 Å². The largest absolute Gasteiger partial charge is 0.472 e. The molecule has 0 saturated heterocycles. The van der Waals surface area contributed by atoms with Gasteiger partial charge in [-0.05, 0) is 6.07 Å². The maximum absolute atomic E-state index is 8.63. The highest BCUT2D eigenvalue weighted by atomic mass is 35.5. The molecule has 1 aromatic rings. The smallest absolute Gasteiger partial charge is 0.234 e. The van der Waals surface area contributed by atoms with Gasteiger partial charge in [0.2, 0.25) is 5.88 Å². The van der Waals surface area contributed by atoms with Crippen LogP contribution in [0.15, 0.2) is 24.9 Å². The summed E-state index contributed by atoms with van der Waals surface area (Å²) in [5.74, 6) is 0.264. The van der Waals surface area contributed by atoms with E-state index >= 15 is 0 Å². The molecular weight excluding hydrogens is 188 g/mol. The number of aromatic nitrogens is 1. The van der Waals surface area contributed by atoms with Gasteiger partial charge >= 0.3 is 0 Å². The zero-order valence-corrected chi connectivity index (χ0v) is 7.58. The minimum atomic E-state index is 0.242. The highest BCUT2D eigenvalue weighted by Crippen LogP contribution is 2.24. The summed E-state index contributed by atoms with van der Waals surface area (Å²) in [7, 11) is 0. The molecule has 0 saturated carbocycles. The maximum Gasteiger partial charge on any atom is 0.234 e. The van der Waals surface area contributed by atoms with E-state index in [9.17, 15) is 0 Å². The van der Waals surface area contributed by atoms with Crippen LogP contribution in [-0.4, -0.2) is 11.6 Å². The molecule has 0 atom stereocenters. The van der Waals surface area contributed by atoms with Crippen molar-refractivity contribution in [3.8, 4) is 11.9 Å². The molecular formula is C9H7ClN2O. The Balaban J connectivity index is 2.95. The molecule has 3 nitrogen and oxygen atoms in total. The lowest BCUT2D eigenvalue weighted by Gasteiger charge is -2.03. The molecule has 0 aliphatic heterocycles. The Kier molecular flexibility index (Phi) is 3.30. The third-order valence-corrected chi connectivity index (χ3v) is 1.68. The van der Waals surface area contributed by atoms with E-state index < -0.39 is 0 Å². The zero-order valence-electron chi connectivity index (χ0n) is 6.83. The van der Waals surface area contributed by atoms with Gasteiger partial charge in [-0.25, -0.2) is 4.98 Å². The molecule has 0 aliphatic carbocycles. The second kappa shape index (κ2) is 4.48. The van der Waals surface area contributed by atoms with Crippen LogP contribution in [0, 0.1) is 11.3 Å². The van der Waals surface area contributed by atoms with Crippen molar-refractivity contribution >= 4 is 11.6 Å². The van der Waals surface area contributed by atoms with Crippen LogP contribution < -0.4 is 4.74 Å². The molecule has 1 aromatic heterocycles. The topological polar surface area (TPSA) is 45.9 Å². The number of hydrogen-bond acceptors (Lipinski definition) is 3. The number of hydrogen-bond donors (Lipinski definition) is 0. The number of halogens is 1. The van der Waals surface area contributed by atoms with Crippen LogP contribution in [0.1, 0.15) is 5.56 Å². The summed E-state index contributed by atoms with van der Waals surface area (Å²) in [5.41, 5.74) is 0.357. The first-order chi connectivity index (χ1) is 6.29. The average Bonchev–Trinajstić information content (AvgIpc) is 2.16. The Morgan fingerprint density at radius 2 is 2.54 bits per heavy atom. The van der Waals surface area contributed by atoms with E-state index in [-0.39, 0.29) is 10.9 Å². The van der Waals surface area contributed by atoms with Gasteiger partial charge < -0.3 is 4.74 Å². The summed E-state index contributed by atoms with van der Waals surface area (Å²) in [6.45, 7) is 3.81. The molecule has 0 aliphatic rings. The number of pyridine rings is 1. The Morgan fingerprint density at radius 1 is 1.77 bits per heavy atom. The molecule has 0 bridgehead atoms. The lowest BCUT2D eigenvalue weighted by molar-refractivity contribution is 0.349. The van der Waals surface area contributed by atoms with Crippen LogP contribution in [0.5, 0.6) is 5.88 Å². The van der Waals surface area contributed by atoms with Crippen LogP contribution in [0.3, 0.4) is 0 Å². The summed E-state index contributed by atoms with van der Waals surface area (Å²) in [6, 6.07) is 3.47. The normalized spacial score (nSPS) is 8.92. The minimum Gasteiger partial charge on any atom is -0.472 e. The van der Waals surface area contributed by atoms with Crippen molar-refractivity contribution in [1.82, 2.24) is 4.98 Å². The first kappa shape index (κ1) is 9.56. The molecule has 0 radical (unpaired) electrons. The van der Waals surface area contributed by atoms with Crippen molar-refractivity contribution in [1.29, 1.82) is 5.26 Å². The SMILES string of the molecule is C=CCOc1nccc(C#N)c1Cl. The van der Waals surface area contributed by atoms with E-state index in [0.717, 1.165) is 0 Å². The van der Waals surface area contributed by atoms with Crippen molar-refractivity contribution < 1.29 is 4.74 Å². The second-order valence-corrected chi connectivity index (χ2v) is 2.57. The van der Waals surface area contributed by atoms with E-state index in [1.54, 1.807) is 6.08 Å². The molecule has 1 rings (SSSR count). The Hall–Kier alpha value is -1.53. The molecule has 0 aromatic carbocycles. The Labute approximate surface area is 81.2 Å². The van der Waals surface area contributed by atoms with Crippen molar-refractivity contribution in [2.45, 2.75) is 0 Å². The fraction of sp³-hybridized carbons (Fsp3) is 0.111. The summed E-state index contributed by atoms with van der Waals surface area (Å²) in [6.07, 6.45) is 3.06. The van der Waals surface area contributed by atoms with Crippen LogP contribution in [0.2, 0.25) is 5.02 Å². The van der Waals surface area contributed by atoms with Gasteiger partial charge in [0.25, 0.3) is 0 Å². The second-order valence-electron chi connectivity index (χ2n) is 2.19. The molecule has 0 N–H and O–H groups in total. The van der Waals surface area contributed by atoms with Crippen LogP contribution in [0.4, 0.5) is 0 Å². The summed E-state index contributed by atoms with van der Waals surface area (Å²) >= 11 is 5.80. The highest BCUT2D eigenvalue weighted by molar-refractivity contribution is 6.32. The summed E-state index contributed by atoms with van der Waals surface area (Å²) in [4.78, 5) is 3.87. The highest BCUT2D eigenvalue weighted by Gasteiger charge is 2.06. The predicted molar refractivity (Wildman–Crippen MR) is 49.7 cm³/mol. The van der Waals surface area contributed by atoms with E-state index in [0.29, 0.717) is 12.2 Å². The molecule has 0 amide bonds. The van der Waals surface area contributed by atoms with Gasteiger partial charge in [-0.2, -0.15) is 5.26 Å². The number of ether oxygens (including phenoxy) is 1. The van der Waals surface area contributed by atoms with E-state index in [1.165, 1.54) is 12.3 Å². The molecule has 0 fully saturated rings. The lowest BCUT2D eigenvalue weighted by atomic mass is 10.3. The molecule has 4 heteroatoms. The summed E-state index contributed by atoms with van der Waals surface area (Å²) in [5, 5.41) is 8.87. The average molecular weight is 195 g/mol. The molecule has 13 heavy (non-hydrogen) atoms. The fourth-order valence-corrected chi connectivity index (χ4v) is 0.958. The third kappa shape index (κ3) is 2.20. The number of nitriles is 1. The van der Waals surface area contributed by atoms with E-state index in [4.69, 9.17) is 21.6 Å². The third-order valence-electron chi connectivity index (χ3n) is 1.32. The molecule has 0 unspecified atom stereocenters. The predicted octanol–water partition coefficient (Wildman–Crippen LogP) is 2.17. The minimum absolute atomic E-state index is 0.242. The van der Waals surface area contributed by atoms with Crippen LogP contribution >= 0.6 is 11.6 Å². The molecule has 0 spiro atoms. The van der Waals surface area contributed by atoms with Gasteiger partial charge in [-0.1, -0.05) is 24.3 Å². The van der Waals surface area contributed by atoms with Crippen molar-refractivity contribution in [2.24, 2.45) is 0 Å². The standard InChI is InChI=1S/C9H7ClN2O/c1-2-5-13-9-8(10)7(6-11)3-4-12-9/h2-4H,1,5H2. The van der Waals surface area contributed by atoms with Gasteiger partial charge in [0.15, 0.2) is 0 Å². The molecule has 66 valence electrons.